The predicted molar refractivity (Wildman–Crippen MR) is 131 cm³/mol. The SMILES string of the molecule is NC(=O)OC1CCN(CCS(=O)(=O)N(Cc2ccc(-c3nnc(C(F)F)o3)cc2)c2ccccc2)CC1. The van der Waals surface area contributed by atoms with Gasteiger partial charge in [0.1, 0.15) is 6.10 Å². The smallest absolute Gasteiger partial charge is 0.404 e. The summed E-state index contributed by atoms with van der Waals surface area (Å²) in [4.78, 5) is 13.0. The van der Waals surface area contributed by atoms with Gasteiger partial charge in [-0.15, -0.1) is 10.2 Å². The van der Waals surface area contributed by atoms with E-state index in [-0.39, 0.29) is 24.3 Å². The van der Waals surface area contributed by atoms with Crippen LogP contribution in [0.5, 0.6) is 0 Å². The van der Waals surface area contributed by atoms with Crippen molar-refractivity contribution in [1.82, 2.24) is 15.1 Å². The molecule has 1 aromatic heterocycles. The fourth-order valence-electron chi connectivity index (χ4n) is 4.07. The second kappa shape index (κ2) is 11.6. The van der Waals surface area contributed by atoms with Crippen molar-refractivity contribution in [2.45, 2.75) is 31.9 Å². The zero-order valence-corrected chi connectivity index (χ0v) is 20.7. The Morgan fingerprint density at radius 2 is 1.78 bits per heavy atom. The van der Waals surface area contributed by atoms with Gasteiger partial charge >= 0.3 is 12.5 Å². The third-order valence-electron chi connectivity index (χ3n) is 6.02. The standard InChI is InChI=1S/C24H27F2N5O5S/c25-21(26)23-29-28-22(36-23)18-8-6-17(7-9-18)16-31(19-4-2-1-3-5-19)37(33,34)15-14-30-12-10-20(11-13-30)35-24(27)32/h1-9,20-21H,10-16H2,(H2,27,32). The van der Waals surface area contributed by atoms with Gasteiger partial charge in [0.05, 0.1) is 18.0 Å². The van der Waals surface area contributed by atoms with Crippen molar-refractivity contribution in [3.8, 4) is 11.5 Å². The summed E-state index contributed by atoms with van der Waals surface area (Å²) in [7, 11) is -3.71. The largest absolute Gasteiger partial charge is 0.446 e. The maximum absolute atomic E-state index is 13.5. The number of para-hydroxylation sites is 1. The van der Waals surface area contributed by atoms with Gasteiger partial charge in [-0.2, -0.15) is 8.78 Å². The van der Waals surface area contributed by atoms with E-state index in [1.165, 1.54) is 4.31 Å². The van der Waals surface area contributed by atoms with Gasteiger partial charge in [0.25, 0.3) is 5.89 Å². The third kappa shape index (κ3) is 7.01. The highest BCUT2D eigenvalue weighted by atomic mass is 32.2. The number of likely N-dealkylation sites (tertiary alicyclic amines) is 1. The van der Waals surface area contributed by atoms with Crippen LogP contribution in [0.2, 0.25) is 0 Å². The van der Waals surface area contributed by atoms with Gasteiger partial charge < -0.3 is 19.8 Å². The topological polar surface area (TPSA) is 132 Å². The predicted octanol–water partition coefficient (Wildman–Crippen LogP) is 3.57. The Morgan fingerprint density at radius 1 is 1.11 bits per heavy atom. The van der Waals surface area contributed by atoms with E-state index in [0.717, 1.165) is 0 Å². The van der Waals surface area contributed by atoms with Gasteiger partial charge in [-0.05, 0) is 42.7 Å². The number of aromatic nitrogens is 2. The number of ether oxygens (including phenoxy) is 1. The molecular formula is C24H27F2N5O5S. The average Bonchev–Trinajstić information content (AvgIpc) is 3.38. The first kappa shape index (κ1) is 26.5. The molecule has 0 unspecified atom stereocenters. The molecule has 0 aliphatic carbocycles. The zero-order chi connectivity index (χ0) is 26.4. The van der Waals surface area contributed by atoms with Crippen LogP contribution in [0, 0.1) is 0 Å². The number of piperidine rings is 1. The molecule has 1 saturated heterocycles. The summed E-state index contributed by atoms with van der Waals surface area (Å²) < 4.78 is 63.7. The van der Waals surface area contributed by atoms with E-state index in [0.29, 0.717) is 49.3 Å². The number of carbonyl (C=O) groups excluding carboxylic acids is 1. The van der Waals surface area contributed by atoms with Gasteiger partial charge in [-0.3, -0.25) is 4.31 Å². The Balaban J connectivity index is 1.44. The number of hydrogen-bond acceptors (Lipinski definition) is 8. The minimum atomic E-state index is -3.71. The normalized spacial score (nSPS) is 15.1. The number of benzene rings is 2. The number of carbonyl (C=O) groups is 1. The van der Waals surface area contributed by atoms with Crippen molar-refractivity contribution in [3.63, 3.8) is 0 Å². The summed E-state index contributed by atoms with van der Waals surface area (Å²) in [6, 6.07) is 15.4. The van der Waals surface area contributed by atoms with Crippen LogP contribution in [0.15, 0.2) is 59.0 Å². The van der Waals surface area contributed by atoms with Crippen LogP contribution in [-0.4, -0.2) is 61.1 Å². The first-order valence-corrected chi connectivity index (χ1v) is 13.3. The summed E-state index contributed by atoms with van der Waals surface area (Å²) in [5.74, 6) is -0.899. The van der Waals surface area contributed by atoms with Crippen molar-refractivity contribution < 1.29 is 31.1 Å². The van der Waals surface area contributed by atoms with Crippen molar-refractivity contribution in [2.24, 2.45) is 5.73 Å². The van der Waals surface area contributed by atoms with Crippen LogP contribution in [0.25, 0.3) is 11.5 Å². The van der Waals surface area contributed by atoms with Crippen LogP contribution in [0.4, 0.5) is 19.3 Å². The van der Waals surface area contributed by atoms with E-state index < -0.39 is 28.4 Å². The highest BCUT2D eigenvalue weighted by molar-refractivity contribution is 7.92. The van der Waals surface area contributed by atoms with Crippen LogP contribution in [-0.2, 0) is 21.3 Å². The number of anilines is 1. The molecule has 0 bridgehead atoms. The molecule has 0 atom stereocenters. The lowest BCUT2D eigenvalue weighted by Gasteiger charge is -2.32. The van der Waals surface area contributed by atoms with Crippen molar-refractivity contribution in [2.75, 3.05) is 29.7 Å². The summed E-state index contributed by atoms with van der Waals surface area (Å²) in [6.07, 6.45) is -2.72. The molecule has 10 nitrogen and oxygen atoms in total. The van der Waals surface area contributed by atoms with E-state index in [1.54, 1.807) is 54.6 Å². The second-order valence-electron chi connectivity index (χ2n) is 8.58. The molecular weight excluding hydrogens is 508 g/mol. The fourth-order valence-corrected chi connectivity index (χ4v) is 5.57. The molecule has 1 amide bonds. The molecule has 4 rings (SSSR count). The minimum absolute atomic E-state index is 0.0422. The summed E-state index contributed by atoms with van der Waals surface area (Å²) in [6.45, 7) is 1.61. The van der Waals surface area contributed by atoms with Gasteiger partial charge in [-0.1, -0.05) is 30.3 Å². The molecule has 2 aromatic carbocycles. The van der Waals surface area contributed by atoms with Crippen molar-refractivity contribution >= 4 is 21.8 Å². The maximum atomic E-state index is 13.5. The molecule has 37 heavy (non-hydrogen) atoms. The van der Waals surface area contributed by atoms with Crippen LogP contribution in [0.1, 0.15) is 30.7 Å². The monoisotopic (exact) mass is 535 g/mol. The van der Waals surface area contributed by atoms with Gasteiger partial charge in [0.2, 0.25) is 15.9 Å². The number of nitrogens with zero attached hydrogens (tertiary/aromatic N) is 4. The number of amides is 1. The lowest BCUT2D eigenvalue weighted by molar-refractivity contribution is 0.0581. The lowest BCUT2D eigenvalue weighted by Crippen LogP contribution is -2.42. The molecule has 0 saturated carbocycles. The first-order valence-electron chi connectivity index (χ1n) is 11.7. The number of primary amides is 1. The second-order valence-corrected chi connectivity index (χ2v) is 10.6. The van der Waals surface area contributed by atoms with Crippen molar-refractivity contribution in [3.05, 3.63) is 66.1 Å². The molecule has 1 fully saturated rings. The highest BCUT2D eigenvalue weighted by Crippen LogP contribution is 2.26. The molecule has 0 radical (unpaired) electrons. The van der Waals surface area contributed by atoms with E-state index in [1.807, 2.05) is 4.90 Å². The Morgan fingerprint density at radius 3 is 2.38 bits per heavy atom. The number of hydrogen-bond donors (Lipinski definition) is 1. The molecule has 13 heteroatoms. The maximum Gasteiger partial charge on any atom is 0.404 e. The van der Waals surface area contributed by atoms with Crippen LogP contribution >= 0.6 is 0 Å². The molecule has 2 heterocycles. The summed E-state index contributed by atoms with van der Waals surface area (Å²) in [5, 5.41) is 6.96. The minimum Gasteiger partial charge on any atom is -0.446 e. The molecule has 1 aliphatic heterocycles. The van der Waals surface area contributed by atoms with Gasteiger partial charge in [0, 0.05) is 25.2 Å². The highest BCUT2D eigenvalue weighted by Gasteiger charge is 2.27. The number of sulfonamides is 1. The van der Waals surface area contributed by atoms with Crippen molar-refractivity contribution in [1.29, 1.82) is 0 Å². The third-order valence-corrected chi connectivity index (χ3v) is 7.73. The van der Waals surface area contributed by atoms with Crippen LogP contribution < -0.4 is 10.0 Å². The zero-order valence-electron chi connectivity index (χ0n) is 19.9. The Bertz CT molecular complexity index is 1280. The molecule has 0 spiro atoms. The van der Waals surface area contributed by atoms with E-state index in [4.69, 9.17) is 14.9 Å². The van der Waals surface area contributed by atoms with E-state index in [9.17, 15) is 22.0 Å². The number of halogens is 2. The Hall–Kier alpha value is -3.58. The van der Waals surface area contributed by atoms with Crippen LogP contribution in [0.3, 0.4) is 0 Å². The van der Waals surface area contributed by atoms with Gasteiger partial charge in [0.15, 0.2) is 0 Å². The van der Waals surface area contributed by atoms with Gasteiger partial charge in [-0.25, -0.2) is 13.2 Å². The number of rotatable bonds is 10. The van der Waals surface area contributed by atoms with E-state index >= 15 is 0 Å². The number of nitrogens with two attached hydrogens (primary N) is 1. The molecule has 3 aromatic rings. The first-order chi connectivity index (χ1) is 17.7. The quantitative estimate of drug-likeness (QED) is 0.417. The average molecular weight is 536 g/mol. The number of alkyl halides is 2. The Kier molecular flexibility index (Phi) is 8.34. The Labute approximate surface area is 213 Å². The summed E-state index contributed by atoms with van der Waals surface area (Å²) in [5.41, 5.74) is 6.74. The lowest BCUT2D eigenvalue weighted by atomic mass is 10.1. The molecule has 2 N–H and O–H groups in total. The van der Waals surface area contributed by atoms with E-state index in [2.05, 4.69) is 10.2 Å². The molecule has 1 aliphatic rings. The summed E-state index contributed by atoms with van der Waals surface area (Å²) >= 11 is 0. The molecule has 198 valence electrons. The fraction of sp³-hybridized carbons (Fsp3) is 0.375.